The molecule has 1 unspecified atom stereocenters. The summed E-state index contributed by atoms with van der Waals surface area (Å²) in [6.07, 6.45) is -1.30. The summed E-state index contributed by atoms with van der Waals surface area (Å²) >= 11 is 0. The van der Waals surface area contributed by atoms with Crippen LogP contribution >= 0.6 is 0 Å². The maximum atomic E-state index is 12.4. The average molecular weight is 326 g/mol. The lowest BCUT2D eigenvalue weighted by Gasteiger charge is -2.31. The van der Waals surface area contributed by atoms with E-state index in [1.807, 2.05) is 0 Å². The summed E-state index contributed by atoms with van der Waals surface area (Å²) in [5, 5.41) is 9.09. The van der Waals surface area contributed by atoms with Gasteiger partial charge in [0.15, 0.2) is 6.61 Å². The van der Waals surface area contributed by atoms with Crippen LogP contribution in [0.15, 0.2) is 0 Å². The van der Waals surface area contributed by atoms with Crippen molar-refractivity contribution in [2.75, 3.05) is 6.61 Å². The maximum absolute atomic E-state index is 12.4. The second kappa shape index (κ2) is 6.44. The molecular weight excluding hydrogens is 305 g/mol. The standard InChI is InChI=1S/C14H21F3O5/c1-12(2,9-6-4-5-7-9)22-10(18)8-21-11(19)13(3,20)14(15,16)17/h9,20H,4-8H2,1-3H3. The van der Waals surface area contributed by atoms with E-state index in [0.29, 0.717) is 0 Å². The first-order valence-electron chi connectivity index (χ1n) is 7.06. The minimum Gasteiger partial charge on any atom is -0.457 e. The number of hydrogen-bond donors (Lipinski definition) is 1. The Balaban J connectivity index is 2.51. The Morgan fingerprint density at radius 2 is 1.64 bits per heavy atom. The smallest absolute Gasteiger partial charge is 0.427 e. The van der Waals surface area contributed by atoms with Crippen molar-refractivity contribution in [2.24, 2.45) is 5.92 Å². The lowest BCUT2D eigenvalue weighted by Crippen LogP contribution is -2.50. The number of esters is 2. The van der Waals surface area contributed by atoms with Crippen molar-refractivity contribution >= 4 is 11.9 Å². The van der Waals surface area contributed by atoms with Crippen LogP contribution in [0.5, 0.6) is 0 Å². The molecule has 0 radical (unpaired) electrons. The van der Waals surface area contributed by atoms with Gasteiger partial charge in [0.25, 0.3) is 5.60 Å². The van der Waals surface area contributed by atoms with Crippen LogP contribution in [0.2, 0.25) is 0 Å². The van der Waals surface area contributed by atoms with E-state index in [4.69, 9.17) is 9.84 Å². The zero-order valence-corrected chi connectivity index (χ0v) is 12.8. The minimum atomic E-state index is -5.18. The van der Waals surface area contributed by atoms with E-state index in [1.54, 1.807) is 13.8 Å². The monoisotopic (exact) mass is 326 g/mol. The fraction of sp³-hybridized carbons (Fsp3) is 0.857. The van der Waals surface area contributed by atoms with Crippen molar-refractivity contribution in [1.82, 2.24) is 0 Å². The van der Waals surface area contributed by atoms with Gasteiger partial charge in [0.1, 0.15) is 5.60 Å². The molecule has 0 aliphatic heterocycles. The highest BCUT2D eigenvalue weighted by atomic mass is 19.4. The van der Waals surface area contributed by atoms with Crippen molar-refractivity contribution in [3.05, 3.63) is 0 Å². The molecule has 0 amide bonds. The lowest BCUT2D eigenvalue weighted by atomic mass is 9.89. The third kappa shape index (κ3) is 4.34. The van der Waals surface area contributed by atoms with E-state index < -0.39 is 35.9 Å². The number of carbonyl (C=O) groups is 2. The molecule has 1 saturated carbocycles. The van der Waals surface area contributed by atoms with Gasteiger partial charge in [-0.1, -0.05) is 12.8 Å². The molecule has 1 fully saturated rings. The van der Waals surface area contributed by atoms with Crippen LogP contribution in [-0.4, -0.2) is 41.0 Å². The quantitative estimate of drug-likeness (QED) is 0.785. The van der Waals surface area contributed by atoms with Crippen LogP contribution in [0, 0.1) is 5.92 Å². The lowest BCUT2D eigenvalue weighted by molar-refractivity contribution is -0.257. The number of hydrogen-bond acceptors (Lipinski definition) is 5. The molecule has 128 valence electrons. The van der Waals surface area contributed by atoms with Crippen LogP contribution in [0.25, 0.3) is 0 Å². The molecule has 0 bridgehead atoms. The van der Waals surface area contributed by atoms with Gasteiger partial charge >= 0.3 is 18.1 Å². The molecule has 1 N–H and O–H groups in total. The van der Waals surface area contributed by atoms with E-state index in [2.05, 4.69) is 4.74 Å². The number of aliphatic hydroxyl groups is 1. The zero-order chi connectivity index (χ0) is 17.2. The first kappa shape index (κ1) is 18.7. The van der Waals surface area contributed by atoms with Gasteiger partial charge in [0, 0.05) is 0 Å². The molecule has 1 aliphatic rings. The Bertz CT molecular complexity index is 423. The highest BCUT2D eigenvalue weighted by molar-refractivity contribution is 5.82. The van der Waals surface area contributed by atoms with Crippen molar-refractivity contribution in [1.29, 1.82) is 0 Å². The number of alkyl halides is 3. The van der Waals surface area contributed by atoms with Crippen molar-refractivity contribution in [2.45, 2.75) is 63.8 Å². The molecule has 5 nitrogen and oxygen atoms in total. The van der Waals surface area contributed by atoms with Gasteiger partial charge < -0.3 is 14.6 Å². The van der Waals surface area contributed by atoms with Crippen LogP contribution in [0.1, 0.15) is 46.5 Å². The second-order valence-electron chi connectivity index (χ2n) is 6.21. The number of carbonyl (C=O) groups excluding carboxylic acids is 2. The Morgan fingerprint density at radius 1 is 1.14 bits per heavy atom. The summed E-state index contributed by atoms with van der Waals surface area (Å²) < 4.78 is 46.7. The van der Waals surface area contributed by atoms with E-state index >= 15 is 0 Å². The third-order valence-corrected chi connectivity index (χ3v) is 3.99. The first-order valence-corrected chi connectivity index (χ1v) is 7.06. The van der Waals surface area contributed by atoms with Gasteiger partial charge in [-0.25, -0.2) is 9.59 Å². The Morgan fingerprint density at radius 3 is 2.09 bits per heavy atom. The largest absolute Gasteiger partial charge is 0.457 e. The molecule has 1 rings (SSSR count). The van der Waals surface area contributed by atoms with Crippen LogP contribution in [0.4, 0.5) is 13.2 Å². The van der Waals surface area contributed by atoms with Crippen LogP contribution in [0.3, 0.4) is 0 Å². The van der Waals surface area contributed by atoms with Crippen LogP contribution < -0.4 is 0 Å². The first-order chi connectivity index (χ1) is 9.88. The SMILES string of the molecule is CC(C)(OC(=O)COC(=O)C(C)(O)C(F)(F)F)C1CCCC1. The molecule has 0 aromatic carbocycles. The van der Waals surface area contributed by atoms with Crippen molar-refractivity contribution in [3.8, 4) is 0 Å². The predicted molar refractivity (Wildman–Crippen MR) is 69.8 cm³/mol. The van der Waals surface area contributed by atoms with Crippen molar-refractivity contribution in [3.63, 3.8) is 0 Å². The van der Waals surface area contributed by atoms with E-state index in [0.717, 1.165) is 25.7 Å². The summed E-state index contributed by atoms with van der Waals surface area (Å²) in [7, 11) is 0. The fourth-order valence-corrected chi connectivity index (χ4v) is 2.41. The topological polar surface area (TPSA) is 72.8 Å². The highest BCUT2D eigenvalue weighted by Gasteiger charge is 2.57. The molecular formula is C14H21F3O5. The Kier molecular flexibility index (Phi) is 5.48. The zero-order valence-electron chi connectivity index (χ0n) is 12.8. The summed E-state index contributed by atoms with van der Waals surface area (Å²) in [5.74, 6) is -2.70. The molecule has 0 saturated heterocycles. The highest BCUT2D eigenvalue weighted by Crippen LogP contribution is 2.36. The average Bonchev–Trinajstić information content (AvgIpc) is 2.88. The minimum absolute atomic E-state index is 0.172. The third-order valence-electron chi connectivity index (χ3n) is 3.99. The molecule has 0 spiro atoms. The molecule has 0 heterocycles. The van der Waals surface area contributed by atoms with Gasteiger partial charge in [0.2, 0.25) is 0 Å². The number of halogens is 3. The fourth-order valence-electron chi connectivity index (χ4n) is 2.41. The molecule has 0 aromatic heterocycles. The van der Waals surface area contributed by atoms with Crippen LogP contribution in [-0.2, 0) is 19.1 Å². The maximum Gasteiger partial charge on any atom is 0.427 e. The predicted octanol–water partition coefficient (Wildman–Crippen LogP) is 2.35. The van der Waals surface area contributed by atoms with Gasteiger partial charge in [-0.05, 0) is 39.5 Å². The summed E-state index contributed by atoms with van der Waals surface area (Å²) in [5.41, 5.74) is -4.43. The molecule has 1 aliphatic carbocycles. The van der Waals surface area contributed by atoms with E-state index in [1.165, 1.54) is 0 Å². The molecule has 0 aromatic rings. The molecule has 22 heavy (non-hydrogen) atoms. The second-order valence-corrected chi connectivity index (χ2v) is 6.21. The van der Waals surface area contributed by atoms with Gasteiger partial charge in [-0.2, -0.15) is 13.2 Å². The normalized spacial score (nSPS) is 19.6. The summed E-state index contributed by atoms with van der Waals surface area (Å²) in [6.45, 7) is 2.73. The van der Waals surface area contributed by atoms with E-state index in [-0.39, 0.29) is 12.8 Å². The Hall–Kier alpha value is -1.31. The summed E-state index contributed by atoms with van der Waals surface area (Å²) in [6, 6.07) is 0. The van der Waals surface area contributed by atoms with E-state index in [9.17, 15) is 22.8 Å². The number of ether oxygens (including phenoxy) is 2. The number of rotatable bonds is 5. The van der Waals surface area contributed by atoms with Crippen molar-refractivity contribution < 1.29 is 37.3 Å². The van der Waals surface area contributed by atoms with Gasteiger partial charge in [-0.15, -0.1) is 0 Å². The molecule has 8 heteroatoms. The Labute approximate surface area is 126 Å². The van der Waals surface area contributed by atoms with Gasteiger partial charge in [0.05, 0.1) is 0 Å². The molecule has 1 atom stereocenters. The van der Waals surface area contributed by atoms with Gasteiger partial charge in [-0.3, -0.25) is 0 Å². The summed E-state index contributed by atoms with van der Waals surface area (Å²) in [4.78, 5) is 22.9.